The summed E-state index contributed by atoms with van der Waals surface area (Å²) >= 11 is 0. The Hall–Kier alpha value is -2.48. The molecule has 19 heavy (non-hydrogen) atoms. The fourth-order valence-electron chi connectivity index (χ4n) is 2.77. The van der Waals surface area contributed by atoms with Gasteiger partial charge in [-0.3, -0.25) is 4.79 Å². The first-order chi connectivity index (χ1) is 9.34. The van der Waals surface area contributed by atoms with E-state index in [0.29, 0.717) is 12.0 Å². The maximum Gasteiger partial charge on any atom is 0.193 e. The van der Waals surface area contributed by atoms with Crippen LogP contribution in [-0.2, 0) is 6.42 Å². The predicted octanol–water partition coefficient (Wildman–Crippen LogP) is 3.12. The second-order valence-corrected chi connectivity index (χ2v) is 4.81. The van der Waals surface area contributed by atoms with Crippen LogP contribution >= 0.6 is 0 Å². The number of rotatable bonds is 0. The van der Waals surface area contributed by atoms with Crippen molar-refractivity contribution < 1.29 is 0 Å². The van der Waals surface area contributed by atoms with Gasteiger partial charge in [-0.05, 0) is 17.7 Å². The van der Waals surface area contributed by atoms with Crippen molar-refractivity contribution >= 4 is 0 Å². The van der Waals surface area contributed by atoms with E-state index in [1.807, 2.05) is 48.5 Å². The maximum absolute atomic E-state index is 12.6. The molecule has 0 N–H and O–H groups in total. The van der Waals surface area contributed by atoms with Gasteiger partial charge in [0.25, 0.3) is 0 Å². The van der Waals surface area contributed by atoms with Crippen LogP contribution in [0.4, 0.5) is 0 Å². The largest absolute Gasteiger partial charge is 0.289 e. The summed E-state index contributed by atoms with van der Waals surface area (Å²) in [7, 11) is 0. The van der Waals surface area contributed by atoms with Gasteiger partial charge in [-0.2, -0.15) is 0 Å². The molecule has 1 aromatic rings. The van der Waals surface area contributed by atoms with Gasteiger partial charge in [0.15, 0.2) is 5.43 Å². The van der Waals surface area contributed by atoms with Gasteiger partial charge >= 0.3 is 0 Å². The molecule has 1 heterocycles. The summed E-state index contributed by atoms with van der Waals surface area (Å²) in [6, 6.07) is 17.6. The number of aromatic nitrogens is 1. The normalized spacial score (nSPS) is 12.2. The molecule has 0 fully saturated rings. The van der Waals surface area contributed by atoms with E-state index in [1.54, 1.807) is 0 Å². The van der Waals surface area contributed by atoms with Crippen LogP contribution in [0, 0.1) is 0 Å². The van der Waals surface area contributed by atoms with Crippen molar-refractivity contribution in [2.75, 3.05) is 0 Å². The topological polar surface area (TPSA) is 30.0 Å². The van der Waals surface area contributed by atoms with Crippen LogP contribution < -0.4 is 5.43 Å². The molecule has 0 amide bonds. The highest BCUT2D eigenvalue weighted by molar-refractivity contribution is 5.78. The van der Waals surface area contributed by atoms with Crippen molar-refractivity contribution in [1.29, 1.82) is 0 Å². The minimum absolute atomic E-state index is 0.118. The lowest BCUT2D eigenvalue weighted by Gasteiger charge is -2.04. The summed E-state index contributed by atoms with van der Waals surface area (Å²) in [5.74, 6) is 0. The molecule has 1 aliphatic heterocycles. The summed E-state index contributed by atoms with van der Waals surface area (Å²) < 4.78 is 0. The van der Waals surface area contributed by atoms with Gasteiger partial charge < -0.3 is 0 Å². The highest BCUT2D eigenvalue weighted by atomic mass is 16.1. The average Bonchev–Trinajstić information content (AvgIpc) is 2.64. The average molecular weight is 245 g/mol. The zero-order valence-corrected chi connectivity index (χ0v) is 10.3. The number of nitrogens with zero attached hydrogens (tertiary/aromatic N) is 1. The molecule has 0 radical (unpaired) electrons. The number of hydrogen-bond donors (Lipinski definition) is 0. The van der Waals surface area contributed by atoms with Crippen molar-refractivity contribution in [3.8, 4) is 22.5 Å². The monoisotopic (exact) mass is 245 g/mol. The lowest BCUT2D eigenvalue weighted by Crippen LogP contribution is -2.12. The van der Waals surface area contributed by atoms with Crippen molar-refractivity contribution in [1.82, 2.24) is 4.98 Å². The Morgan fingerprint density at radius 3 is 2.53 bits per heavy atom. The molecule has 0 atom stereocenters. The Labute approximate surface area is 110 Å². The summed E-state index contributed by atoms with van der Waals surface area (Å²) in [5.41, 5.74) is 5.58. The summed E-state index contributed by atoms with van der Waals surface area (Å²) in [6.45, 7) is 0. The first-order valence-electron chi connectivity index (χ1n) is 6.35. The van der Waals surface area contributed by atoms with Crippen molar-refractivity contribution in [2.45, 2.75) is 6.42 Å². The van der Waals surface area contributed by atoms with Crippen LogP contribution in [0.3, 0.4) is 0 Å². The number of pyridine rings is 1. The van der Waals surface area contributed by atoms with Crippen molar-refractivity contribution in [3.05, 3.63) is 75.9 Å². The molecule has 0 bridgehead atoms. The summed E-state index contributed by atoms with van der Waals surface area (Å²) in [4.78, 5) is 17.3. The number of hydrogen-bond acceptors (Lipinski definition) is 2. The highest BCUT2D eigenvalue weighted by Gasteiger charge is 2.24. The Bertz CT molecular complexity index is 823. The number of fused-ring (bicyclic) bond motifs is 4. The molecule has 0 spiro atoms. The first-order valence-corrected chi connectivity index (χ1v) is 6.35. The minimum atomic E-state index is 0.118. The molecule has 0 saturated heterocycles. The smallest absolute Gasteiger partial charge is 0.193 e. The van der Waals surface area contributed by atoms with Gasteiger partial charge in [0, 0.05) is 23.1 Å². The maximum atomic E-state index is 12.6. The third-order valence-corrected chi connectivity index (χ3v) is 3.69. The third-order valence-electron chi connectivity index (χ3n) is 3.69. The van der Waals surface area contributed by atoms with Crippen LogP contribution in [0.5, 0.6) is 0 Å². The lowest BCUT2D eigenvalue weighted by atomic mass is 10.1. The van der Waals surface area contributed by atoms with Crippen LogP contribution in [0.1, 0.15) is 11.1 Å². The molecular formula is C17H11NO. The fourth-order valence-corrected chi connectivity index (χ4v) is 2.77. The van der Waals surface area contributed by atoms with Gasteiger partial charge in [-0.25, -0.2) is 4.98 Å². The van der Waals surface area contributed by atoms with Crippen LogP contribution in [0.15, 0.2) is 59.4 Å². The highest BCUT2D eigenvalue weighted by Crippen LogP contribution is 2.35. The second-order valence-electron chi connectivity index (χ2n) is 4.81. The number of benzene rings is 1. The van der Waals surface area contributed by atoms with Gasteiger partial charge in [-0.1, -0.05) is 42.5 Å². The first kappa shape index (κ1) is 10.4. The molecule has 0 saturated carbocycles. The van der Waals surface area contributed by atoms with Crippen LogP contribution in [0.2, 0.25) is 0 Å². The van der Waals surface area contributed by atoms with E-state index in [1.165, 1.54) is 5.56 Å². The molecular weight excluding hydrogens is 234 g/mol. The summed E-state index contributed by atoms with van der Waals surface area (Å²) in [5, 5.41) is 0. The molecule has 3 aliphatic rings. The van der Waals surface area contributed by atoms with Crippen molar-refractivity contribution in [3.63, 3.8) is 0 Å². The van der Waals surface area contributed by atoms with Crippen LogP contribution in [0.25, 0.3) is 22.5 Å². The van der Waals surface area contributed by atoms with E-state index >= 15 is 0 Å². The Morgan fingerprint density at radius 2 is 1.58 bits per heavy atom. The van der Waals surface area contributed by atoms with Gasteiger partial charge in [-0.15, -0.1) is 0 Å². The Balaban J connectivity index is 2.14. The fraction of sp³-hybridized carbons (Fsp3) is 0.0588. The molecule has 90 valence electrons. The van der Waals surface area contributed by atoms with E-state index in [4.69, 9.17) is 4.98 Å². The summed E-state index contributed by atoms with van der Waals surface area (Å²) in [6.07, 6.45) is 0.700. The standard InChI is InChI=1S/C17H11NO/c19-17-13-8-2-1-3-9-15(13)18-16-12-7-5-4-6-11(12)10-14(16)17/h1-9H,10H2. The quantitative estimate of drug-likeness (QED) is 0.476. The van der Waals surface area contributed by atoms with E-state index in [9.17, 15) is 4.79 Å². The van der Waals surface area contributed by atoms with Crippen molar-refractivity contribution in [2.24, 2.45) is 0 Å². The van der Waals surface area contributed by atoms with E-state index in [2.05, 4.69) is 6.07 Å². The van der Waals surface area contributed by atoms with Gasteiger partial charge in [0.2, 0.25) is 0 Å². The van der Waals surface area contributed by atoms with Gasteiger partial charge in [0.05, 0.1) is 11.4 Å². The van der Waals surface area contributed by atoms with Crippen LogP contribution in [-0.4, -0.2) is 4.98 Å². The molecule has 0 unspecified atom stereocenters. The molecule has 2 heteroatoms. The molecule has 0 aromatic heterocycles. The SMILES string of the molecule is O=c1c2cccccc-2nc2c1Cc1ccccc1-2. The third kappa shape index (κ3) is 1.43. The zero-order chi connectivity index (χ0) is 12.8. The lowest BCUT2D eigenvalue weighted by molar-refractivity contribution is 1.20. The Kier molecular flexibility index (Phi) is 2.06. The second kappa shape index (κ2) is 3.75. The molecule has 2 nitrogen and oxygen atoms in total. The van der Waals surface area contributed by atoms with E-state index < -0.39 is 0 Å². The molecule has 2 aliphatic carbocycles. The zero-order valence-electron chi connectivity index (χ0n) is 10.3. The van der Waals surface area contributed by atoms with E-state index in [0.717, 1.165) is 22.5 Å². The Morgan fingerprint density at radius 1 is 0.842 bits per heavy atom. The van der Waals surface area contributed by atoms with E-state index in [-0.39, 0.29) is 5.43 Å². The minimum Gasteiger partial charge on any atom is -0.289 e. The molecule has 4 rings (SSSR count). The van der Waals surface area contributed by atoms with Gasteiger partial charge in [0.1, 0.15) is 0 Å². The molecule has 1 aromatic carbocycles. The predicted molar refractivity (Wildman–Crippen MR) is 75.4 cm³/mol.